The molecule has 3 aliphatic rings. The van der Waals surface area contributed by atoms with Crippen LogP contribution in [0, 0.1) is 11.3 Å². The van der Waals surface area contributed by atoms with Crippen LogP contribution in [0.4, 0.5) is 5.69 Å². The second-order valence-corrected chi connectivity index (χ2v) is 14.6. The van der Waals surface area contributed by atoms with E-state index < -0.39 is 33.6 Å². The Hall–Kier alpha value is -4.78. The maximum atomic E-state index is 15.5. The van der Waals surface area contributed by atoms with Crippen LogP contribution in [0.5, 0.6) is 11.5 Å². The second-order valence-electron chi connectivity index (χ2n) is 12.8. The molecule has 1 amide bonds. The average Bonchev–Trinajstić information content (AvgIpc) is 3.86. The number of benzene rings is 3. The number of nitriles is 1. The van der Waals surface area contributed by atoms with Gasteiger partial charge in [-0.15, -0.1) is 0 Å². The lowest BCUT2D eigenvalue weighted by molar-refractivity contribution is -0.127. The lowest BCUT2D eigenvalue weighted by Crippen LogP contribution is -2.55. The van der Waals surface area contributed by atoms with Crippen molar-refractivity contribution < 1.29 is 32.2 Å². The first-order valence-electron chi connectivity index (χ1n) is 16.3. The molecule has 0 spiro atoms. The first-order chi connectivity index (χ1) is 24.1. The van der Waals surface area contributed by atoms with Gasteiger partial charge in [-0.2, -0.15) is 5.26 Å². The molecular weight excluding hydrogens is 660 g/mol. The lowest BCUT2D eigenvalue weighted by atomic mass is 9.80. The summed E-state index contributed by atoms with van der Waals surface area (Å²) in [6.45, 7) is 4.31. The third-order valence-corrected chi connectivity index (χ3v) is 11.6. The number of piperazine rings is 1. The highest BCUT2D eigenvalue weighted by molar-refractivity contribution is 7.93. The molecule has 4 aromatic rings. The third kappa shape index (κ3) is 5.51. The molecule has 3 atom stereocenters. The summed E-state index contributed by atoms with van der Waals surface area (Å²) in [5.74, 6) is 0.254. The van der Waals surface area contributed by atoms with Gasteiger partial charge in [-0.05, 0) is 67.6 Å². The summed E-state index contributed by atoms with van der Waals surface area (Å²) < 4.78 is 47.0. The zero-order chi connectivity index (χ0) is 35.2. The van der Waals surface area contributed by atoms with Gasteiger partial charge in [0.1, 0.15) is 17.8 Å². The number of aliphatic hydroxyl groups is 1. The number of oxazole rings is 1. The number of sulfonamides is 1. The largest absolute Gasteiger partial charge is 0.497 e. The van der Waals surface area contributed by atoms with Gasteiger partial charge in [-0.25, -0.2) is 17.7 Å². The molecule has 0 aliphatic carbocycles. The number of likely N-dealkylation sites (tertiary alicyclic amines) is 1. The predicted octanol–water partition coefficient (Wildman–Crippen LogP) is 3.10. The molecule has 0 bridgehead atoms. The molecule has 13 nitrogen and oxygen atoms in total. The smallest absolute Gasteiger partial charge is 0.271 e. The number of carbonyl (C=O) groups is 1. The number of fused-ring (bicyclic) bond motifs is 1. The van der Waals surface area contributed by atoms with E-state index >= 15 is 4.79 Å². The van der Waals surface area contributed by atoms with Crippen LogP contribution in [0.25, 0.3) is 0 Å². The van der Waals surface area contributed by atoms with Gasteiger partial charge in [0.2, 0.25) is 5.89 Å². The maximum Gasteiger partial charge on any atom is 0.271 e. The van der Waals surface area contributed by atoms with E-state index in [1.807, 2.05) is 12.1 Å². The molecule has 4 heterocycles. The summed E-state index contributed by atoms with van der Waals surface area (Å²) >= 11 is 0. The Balaban J connectivity index is 1.46. The number of ether oxygens (including phenoxy) is 2. The predicted molar refractivity (Wildman–Crippen MR) is 182 cm³/mol. The number of aromatic nitrogens is 1. The van der Waals surface area contributed by atoms with Crippen molar-refractivity contribution in [1.82, 2.24) is 19.7 Å². The number of rotatable bonds is 9. The van der Waals surface area contributed by atoms with Crippen molar-refractivity contribution in [3.8, 4) is 17.6 Å². The zero-order valence-electron chi connectivity index (χ0n) is 28.0. The molecule has 1 N–H and O–H groups in total. The minimum absolute atomic E-state index is 0.0301. The molecule has 50 heavy (non-hydrogen) atoms. The highest BCUT2D eigenvalue weighted by Gasteiger charge is 2.63. The van der Waals surface area contributed by atoms with Crippen molar-refractivity contribution in [1.29, 1.82) is 5.26 Å². The third-order valence-electron chi connectivity index (χ3n) is 9.93. The van der Waals surface area contributed by atoms with E-state index in [2.05, 4.69) is 27.9 Å². The Bertz CT molecular complexity index is 2040. The van der Waals surface area contributed by atoms with Crippen LogP contribution in [0.3, 0.4) is 0 Å². The number of aliphatic hydroxyl groups excluding tert-OH is 1. The minimum atomic E-state index is -4.53. The van der Waals surface area contributed by atoms with E-state index in [-0.39, 0.29) is 40.6 Å². The van der Waals surface area contributed by atoms with Crippen LogP contribution in [0.2, 0.25) is 0 Å². The van der Waals surface area contributed by atoms with Gasteiger partial charge in [0.15, 0.2) is 5.54 Å². The van der Waals surface area contributed by atoms with Crippen LogP contribution in [0.15, 0.2) is 82.4 Å². The van der Waals surface area contributed by atoms with E-state index in [4.69, 9.17) is 13.9 Å². The second kappa shape index (κ2) is 13.2. The van der Waals surface area contributed by atoms with Crippen LogP contribution in [-0.4, -0.2) is 99.2 Å². The van der Waals surface area contributed by atoms with E-state index in [9.17, 15) is 18.8 Å². The molecule has 14 heteroatoms. The van der Waals surface area contributed by atoms with Gasteiger partial charge in [0.25, 0.3) is 15.9 Å². The molecule has 7 rings (SSSR count). The van der Waals surface area contributed by atoms with Crippen molar-refractivity contribution in [3.63, 3.8) is 0 Å². The SMILES string of the molecule is COc1ccc(S(=O)(=O)N2C(=O)C(c3ccc(CN4CCN(C)CC4)cc3OC)(N3C[C@H](O)C[C@H]3c3ncco3)c3cc(C#N)ccc32)cc1. The fourth-order valence-corrected chi connectivity index (χ4v) is 8.90. The quantitative estimate of drug-likeness (QED) is 0.273. The Labute approximate surface area is 290 Å². The topological polar surface area (TPSA) is 153 Å². The number of carbonyl (C=O) groups excluding carboxylic acids is 1. The summed E-state index contributed by atoms with van der Waals surface area (Å²) in [5, 5.41) is 21.2. The number of hydrogen-bond acceptors (Lipinski definition) is 12. The number of likely N-dealkylation sites (N-methyl/N-ethyl adjacent to an activating group) is 1. The summed E-state index contributed by atoms with van der Waals surface area (Å²) in [7, 11) is 0.558. The number of β-amino-alcohol motifs (C(OH)–C–C–N with tert-alkyl or cyclic N) is 1. The fourth-order valence-electron chi connectivity index (χ4n) is 7.44. The zero-order valence-corrected chi connectivity index (χ0v) is 28.8. The van der Waals surface area contributed by atoms with Crippen LogP contribution >= 0.6 is 0 Å². The lowest BCUT2D eigenvalue weighted by Gasteiger charge is -2.41. The Morgan fingerprint density at radius 3 is 2.44 bits per heavy atom. The van der Waals surface area contributed by atoms with Crippen LogP contribution < -0.4 is 13.8 Å². The molecule has 3 aromatic carbocycles. The molecule has 2 fully saturated rings. The molecular formula is C36H38N6O7S. The van der Waals surface area contributed by atoms with Crippen molar-refractivity contribution >= 4 is 21.6 Å². The summed E-state index contributed by atoms with van der Waals surface area (Å²) in [5.41, 5.74) is -0.00877. The highest BCUT2D eigenvalue weighted by Crippen LogP contribution is 2.56. The van der Waals surface area contributed by atoms with Gasteiger partial charge in [0.05, 0.1) is 54.8 Å². The minimum Gasteiger partial charge on any atom is -0.497 e. The molecule has 1 unspecified atom stereocenters. The van der Waals surface area contributed by atoms with Crippen molar-refractivity contribution in [3.05, 3.63) is 101 Å². The fraction of sp³-hybridized carbons (Fsp3) is 0.361. The molecule has 2 saturated heterocycles. The van der Waals surface area contributed by atoms with E-state index in [1.54, 1.807) is 17.0 Å². The van der Waals surface area contributed by atoms with E-state index in [0.717, 1.165) is 36.0 Å². The number of anilines is 1. The van der Waals surface area contributed by atoms with Gasteiger partial charge in [-0.1, -0.05) is 12.1 Å². The van der Waals surface area contributed by atoms with Crippen molar-refractivity contribution in [2.75, 3.05) is 58.3 Å². The molecule has 0 radical (unpaired) electrons. The molecule has 1 aromatic heterocycles. The number of amides is 1. The average molecular weight is 699 g/mol. The Kier molecular flexibility index (Phi) is 8.87. The summed E-state index contributed by atoms with van der Waals surface area (Å²) in [6.07, 6.45) is 2.15. The van der Waals surface area contributed by atoms with Crippen molar-refractivity contribution in [2.24, 2.45) is 0 Å². The number of hydrogen-bond donors (Lipinski definition) is 1. The Morgan fingerprint density at radius 2 is 1.78 bits per heavy atom. The Morgan fingerprint density at radius 1 is 1.02 bits per heavy atom. The first-order valence-corrected chi connectivity index (χ1v) is 17.8. The van der Waals surface area contributed by atoms with Gasteiger partial charge in [0, 0.05) is 50.4 Å². The highest BCUT2D eigenvalue weighted by atomic mass is 32.2. The van der Waals surface area contributed by atoms with Crippen LogP contribution in [-0.2, 0) is 26.9 Å². The summed E-state index contributed by atoms with van der Waals surface area (Å²) in [6, 6.07) is 17.3. The molecule has 0 saturated carbocycles. The van der Waals surface area contributed by atoms with Gasteiger partial charge in [-0.3, -0.25) is 14.6 Å². The van der Waals surface area contributed by atoms with Crippen molar-refractivity contribution in [2.45, 2.75) is 35.5 Å². The first kappa shape index (κ1) is 33.7. The monoisotopic (exact) mass is 698 g/mol. The normalized spacial score (nSPS) is 23.2. The van der Waals surface area contributed by atoms with Gasteiger partial charge >= 0.3 is 0 Å². The summed E-state index contributed by atoms with van der Waals surface area (Å²) in [4.78, 5) is 26.2. The maximum absolute atomic E-state index is 15.5. The molecule has 3 aliphatic heterocycles. The van der Waals surface area contributed by atoms with E-state index in [1.165, 1.54) is 63.1 Å². The standard InChI is InChI=1S/C36H38N6O7S/c1-39-13-15-40(16-14-39)22-25-4-10-29(33(19-25)48-3)36(41-23-26(43)20-32(41)34-38-12-17-49-34)30-18-24(21-37)5-11-31(30)42(35(36)44)50(45,46)28-8-6-27(47-2)7-9-28/h4-12,17-19,26,32,43H,13-16,20,22-23H2,1-3H3/t26-,32+,36?/m1/s1. The molecule has 260 valence electrons. The number of nitrogens with zero attached hydrogens (tertiary/aromatic N) is 6. The number of methoxy groups -OCH3 is 2. The van der Waals surface area contributed by atoms with Crippen LogP contribution in [0.1, 0.15) is 40.6 Å². The van der Waals surface area contributed by atoms with Gasteiger partial charge < -0.3 is 23.9 Å². The van der Waals surface area contributed by atoms with E-state index in [0.29, 0.717) is 23.6 Å².